The van der Waals surface area contributed by atoms with Crippen molar-refractivity contribution in [3.05, 3.63) is 65.4 Å². The molecule has 33 heavy (non-hydrogen) atoms. The Bertz CT molecular complexity index is 1330. The monoisotopic (exact) mass is 443 g/mol. The molecule has 1 aliphatic rings. The molecule has 4 aromatic rings. The number of primary amides is 1. The van der Waals surface area contributed by atoms with Crippen LogP contribution in [0.4, 0.5) is 11.5 Å². The first-order valence-electron chi connectivity index (χ1n) is 10.8. The van der Waals surface area contributed by atoms with E-state index in [4.69, 9.17) is 20.4 Å². The maximum Gasteiger partial charge on any atom is 0.304 e. The number of methoxy groups -OCH3 is 1. The number of hydrogen-bond donors (Lipinski definition) is 2. The van der Waals surface area contributed by atoms with E-state index in [1.165, 1.54) is 7.11 Å². The molecule has 1 aliphatic heterocycles. The molecule has 1 amide bonds. The Morgan fingerprint density at radius 1 is 1.12 bits per heavy atom. The van der Waals surface area contributed by atoms with Crippen molar-refractivity contribution in [3.63, 3.8) is 0 Å². The van der Waals surface area contributed by atoms with Gasteiger partial charge in [-0.25, -0.2) is 9.55 Å². The molecule has 9 nitrogen and oxygen atoms in total. The number of nitrogens with two attached hydrogens (primary N) is 1. The molecule has 0 atom stereocenters. The number of benzene rings is 2. The number of anilines is 2. The Hall–Kier alpha value is -4.14. The van der Waals surface area contributed by atoms with Gasteiger partial charge in [-0.2, -0.15) is 9.97 Å². The molecule has 5 rings (SSSR count). The second-order valence-corrected chi connectivity index (χ2v) is 8.00. The maximum atomic E-state index is 11.9. The molecule has 2 aromatic carbocycles. The highest BCUT2D eigenvalue weighted by Gasteiger charge is 2.25. The maximum absolute atomic E-state index is 11.9. The number of rotatable bonds is 6. The molecular formula is C24H25N7O2. The summed E-state index contributed by atoms with van der Waals surface area (Å²) in [4.78, 5) is 28.4. The topological polar surface area (TPSA) is 111 Å². The molecular weight excluding hydrogens is 418 g/mol. The molecule has 0 saturated carbocycles. The van der Waals surface area contributed by atoms with Gasteiger partial charge in [0, 0.05) is 20.1 Å². The van der Waals surface area contributed by atoms with Crippen LogP contribution >= 0.6 is 0 Å². The van der Waals surface area contributed by atoms with Gasteiger partial charge in [-0.1, -0.05) is 36.4 Å². The second kappa shape index (κ2) is 8.42. The fourth-order valence-electron chi connectivity index (χ4n) is 4.27. The largest absolute Gasteiger partial charge is 0.468 e. The Morgan fingerprint density at radius 2 is 1.94 bits per heavy atom. The summed E-state index contributed by atoms with van der Waals surface area (Å²) in [5.41, 5.74) is 10.1. The van der Waals surface area contributed by atoms with Crippen LogP contribution in [0.5, 0.6) is 6.01 Å². The first-order chi connectivity index (χ1) is 16.1. The third-order valence-electron chi connectivity index (χ3n) is 5.84. The zero-order valence-corrected chi connectivity index (χ0v) is 18.6. The van der Waals surface area contributed by atoms with Gasteiger partial charge >= 0.3 is 6.01 Å². The van der Waals surface area contributed by atoms with Crippen LogP contribution in [0.1, 0.15) is 28.0 Å². The van der Waals surface area contributed by atoms with E-state index < -0.39 is 5.91 Å². The Labute approximate surface area is 191 Å². The normalized spacial score (nSPS) is 13.1. The lowest BCUT2D eigenvalue weighted by Gasteiger charge is -2.29. The first kappa shape index (κ1) is 20.7. The second-order valence-electron chi connectivity index (χ2n) is 8.00. The number of fused-ring (bicyclic) bond motifs is 2. The highest BCUT2D eigenvalue weighted by molar-refractivity contribution is 6.04. The molecule has 0 aliphatic carbocycles. The number of amides is 1. The van der Waals surface area contributed by atoms with Crippen molar-refractivity contribution < 1.29 is 9.53 Å². The first-order valence-corrected chi connectivity index (χ1v) is 10.8. The molecule has 0 spiro atoms. The van der Waals surface area contributed by atoms with E-state index in [0.29, 0.717) is 29.1 Å². The van der Waals surface area contributed by atoms with Gasteiger partial charge in [-0.3, -0.25) is 4.79 Å². The summed E-state index contributed by atoms with van der Waals surface area (Å²) in [6.07, 6.45) is 1.85. The number of hydrogen-bond acceptors (Lipinski definition) is 7. The third kappa shape index (κ3) is 3.71. The van der Waals surface area contributed by atoms with Crippen molar-refractivity contribution >= 4 is 28.4 Å². The van der Waals surface area contributed by atoms with Crippen molar-refractivity contribution in [2.24, 2.45) is 5.73 Å². The van der Waals surface area contributed by atoms with Gasteiger partial charge in [0.1, 0.15) is 11.2 Å². The number of carbonyl (C=O) groups is 1. The smallest absolute Gasteiger partial charge is 0.304 e. The third-order valence-corrected chi connectivity index (χ3v) is 5.84. The molecule has 9 heteroatoms. The van der Waals surface area contributed by atoms with Gasteiger partial charge in [-0.15, -0.1) is 0 Å². The molecule has 168 valence electrons. The minimum Gasteiger partial charge on any atom is -0.468 e. The highest BCUT2D eigenvalue weighted by atomic mass is 16.5. The summed E-state index contributed by atoms with van der Waals surface area (Å²) >= 11 is 0. The fraction of sp³-hybridized carbons (Fsp3) is 0.250. The molecule has 0 bridgehead atoms. The van der Waals surface area contributed by atoms with Crippen LogP contribution in [0, 0.1) is 0 Å². The van der Waals surface area contributed by atoms with E-state index in [0.717, 1.165) is 42.1 Å². The number of nitrogens with zero attached hydrogens (tertiary/aromatic N) is 5. The summed E-state index contributed by atoms with van der Waals surface area (Å²) in [5.74, 6) is 0.627. The van der Waals surface area contributed by atoms with Gasteiger partial charge in [0.15, 0.2) is 5.82 Å². The lowest BCUT2D eigenvalue weighted by molar-refractivity contribution is 0.100. The van der Waals surface area contributed by atoms with Crippen molar-refractivity contribution in [1.29, 1.82) is 0 Å². The zero-order chi connectivity index (χ0) is 22.9. The predicted molar refractivity (Wildman–Crippen MR) is 127 cm³/mol. The van der Waals surface area contributed by atoms with E-state index >= 15 is 0 Å². The number of para-hydroxylation sites is 1. The summed E-state index contributed by atoms with van der Waals surface area (Å²) in [5, 5.41) is 3.50. The van der Waals surface area contributed by atoms with Gasteiger partial charge in [0.2, 0.25) is 5.95 Å². The van der Waals surface area contributed by atoms with Crippen LogP contribution in [-0.4, -0.2) is 46.1 Å². The average Bonchev–Trinajstić information content (AvgIpc) is 3.21. The van der Waals surface area contributed by atoms with Crippen LogP contribution < -0.4 is 20.7 Å². The van der Waals surface area contributed by atoms with Crippen LogP contribution in [0.15, 0.2) is 48.5 Å². The van der Waals surface area contributed by atoms with Gasteiger partial charge in [0.05, 0.1) is 23.9 Å². The molecule has 0 saturated heterocycles. The Kier molecular flexibility index (Phi) is 5.29. The number of aromatic nitrogens is 4. The molecule has 0 fully saturated rings. The highest BCUT2D eigenvalue weighted by Crippen LogP contribution is 2.34. The minimum atomic E-state index is -0.550. The Morgan fingerprint density at radius 3 is 2.70 bits per heavy atom. The Balaban J connectivity index is 1.67. The standard InChI is InChI=1S/C24H25N7O2/c1-30-13-7-11-17-20(30)22(26-14-15-8-4-3-5-9-15)29-23(27-17)31-18-12-6-10-16(21(25)32)19(18)28-24(31)33-2/h3-6,8-10,12H,7,11,13-14H2,1-2H3,(H2,25,32)(H,26,27,29). The fourth-order valence-corrected chi connectivity index (χ4v) is 4.27. The number of ether oxygens (including phenoxy) is 1. The predicted octanol–water partition coefficient (Wildman–Crippen LogP) is 2.92. The van der Waals surface area contributed by atoms with Crippen LogP contribution in [0.25, 0.3) is 17.0 Å². The van der Waals surface area contributed by atoms with Crippen LogP contribution in [0.3, 0.4) is 0 Å². The van der Waals surface area contributed by atoms with Gasteiger partial charge in [0.25, 0.3) is 5.91 Å². The quantitative estimate of drug-likeness (QED) is 0.471. The molecule has 3 N–H and O–H groups in total. The van der Waals surface area contributed by atoms with Crippen LogP contribution in [0.2, 0.25) is 0 Å². The average molecular weight is 444 g/mol. The van der Waals surface area contributed by atoms with E-state index in [1.807, 2.05) is 24.3 Å². The summed E-state index contributed by atoms with van der Waals surface area (Å²) in [6.45, 7) is 1.57. The van der Waals surface area contributed by atoms with E-state index in [1.54, 1.807) is 16.7 Å². The summed E-state index contributed by atoms with van der Waals surface area (Å²) in [7, 11) is 3.59. The molecule has 2 aromatic heterocycles. The van der Waals surface area contributed by atoms with Crippen molar-refractivity contribution in [3.8, 4) is 12.0 Å². The van der Waals surface area contributed by atoms with E-state index in [-0.39, 0.29) is 6.01 Å². The minimum absolute atomic E-state index is 0.289. The molecule has 3 heterocycles. The summed E-state index contributed by atoms with van der Waals surface area (Å²) in [6, 6.07) is 15.7. The van der Waals surface area contributed by atoms with Crippen LogP contribution in [-0.2, 0) is 13.0 Å². The number of aryl methyl sites for hydroxylation is 1. The van der Waals surface area contributed by atoms with Crippen molar-refractivity contribution in [2.45, 2.75) is 19.4 Å². The van der Waals surface area contributed by atoms with E-state index in [2.05, 4.69) is 34.4 Å². The SMILES string of the molecule is COc1nc2c(C(N)=O)cccc2n1-c1nc2c(c(NCc3ccccc3)n1)N(C)CCC2. The molecule has 0 unspecified atom stereocenters. The van der Waals surface area contributed by atoms with Gasteiger partial charge in [-0.05, 0) is 30.5 Å². The lowest BCUT2D eigenvalue weighted by Crippen LogP contribution is -2.28. The molecule has 0 radical (unpaired) electrons. The van der Waals surface area contributed by atoms with Crippen molar-refractivity contribution in [2.75, 3.05) is 30.9 Å². The summed E-state index contributed by atoms with van der Waals surface area (Å²) < 4.78 is 7.27. The van der Waals surface area contributed by atoms with E-state index in [9.17, 15) is 4.79 Å². The zero-order valence-electron chi connectivity index (χ0n) is 18.6. The van der Waals surface area contributed by atoms with Crippen molar-refractivity contribution in [1.82, 2.24) is 19.5 Å². The van der Waals surface area contributed by atoms with Gasteiger partial charge < -0.3 is 20.7 Å². The lowest BCUT2D eigenvalue weighted by atomic mass is 10.1. The number of imidazole rings is 1. The number of nitrogens with one attached hydrogen (secondary N) is 1. The number of carbonyl (C=O) groups excluding carboxylic acids is 1.